The van der Waals surface area contributed by atoms with Gasteiger partial charge >= 0.3 is 0 Å². The molecule has 0 aromatic heterocycles. The van der Waals surface area contributed by atoms with Crippen molar-refractivity contribution in [2.45, 2.75) is 13.3 Å². The van der Waals surface area contributed by atoms with E-state index < -0.39 is 0 Å². The molecule has 0 radical (unpaired) electrons. The molecule has 0 saturated heterocycles. The van der Waals surface area contributed by atoms with Gasteiger partial charge in [-0.05, 0) is 0 Å². The molecule has 1 nitrogen and oxygen atoms in total. The van der Waals surface area contributed by atoms with Crippen molar-refractivity contribution in [3.05, 3.63) is 0 Å². The van der Waals surface area contributed by atoms with Crippen molar-refractivity contribution in [3.8, 4) is 0 Å². The maximum Gasteiger partial charge on any atom is 0.119 e. The molecule has 0 aromatic carbocycles. The van der Waals surface area contributed by atoms with Crippen molar-refractivity contribution in [1.82, 2.24) is 0 Å². The van der Waals surface area contributed by atoms with E-state index in [1.807, 2.05) is 6.92 Å². The van der Waals surface area contributed by atoms with Gasteiger partial charge in [0.1, 0.15) is 6.29 Å². The normalized spacial score (nSPS) is 5.00. The first-order valence-electron chi connectivity index (χ1n) is 1.35. The predicted molar refractivity (Wildman–Crippen MR) is 16.4 cm³/mol. The van der Waals surface area contributed by atoms with Crippen molar-refractivity contribution < 1.29 is 26.5 Å². The van der Waals surface area contributed by atoms with Crippen molar-refractivity contribution in [3.63, 3.8) is 0 Å². The average Bonchev–Trinajstić information content (AvgIpc) is 1.37. The van der Waals surface area contributed by atoms with Crippen molar-refractivity contribution in [2.75, 3.05) is 0 Å². The number of hydrogen-bond donors (Lipinski definition) is 0. The molecule has 0 fully saturated rings. The maximum absolute atomic E-state index is 9.17. The molecule has 5 heavy (non-hydrogen) atoms. The zero-order chi connectivity index (χ0) is 3.41. The topological polar surface area (TPSA) is 17.1 Å². The fraction of sp³-hybridized carbons (Fsp3) is 0.667. The molecule has 0 aliphatic heterocycles. The van der Waals surface area contributed by atoms with Crippen LogP contribution in [0.4, 0.5) is 0 Å². The molecule has 0 amide bonds. The molecule has 0 bridgehead atoms. The Morgan fingerprint density at radius 3 is 2.00 bits per heavy atom. The van der Waals surface area contributed by atoms with E-state index in [-0.39, 0.29) is 21.7 Å². The summed E-state index contributed by atoms with van der Waals surface area (Å²) in [6.07, 6.45) is 1.51. The summed E-state index contributed by atoms with van der Waals surface area (Å²) >= 11 is 0. The fourth-order valence-corrected chi connectivity index (χ4v) is 0. The number of carbonyl (C=O) groups is 1. The number of aldehydes is 1. The molecule has 0 rings (SSSR count). The molecule has 2 heteroatoms. The van der Waals surface area contributed by atoms with Crippen LogP contribution in [0.15, 0.2) is 0 Å². The summed E-state index contributed by atoms with van der Waals surface area (Å²) in [5, 5.41) is 0. The SMILES string of the molecule is CCC=O.[Ti]. The molecule has 0 saturated carbocycles. The van der Waals surface area contributed by atoms with Gasteiger partial charge in [-0.15, -0.1) is 0 Å². The van der Waals surface area contributed by atoms with Crippen LogP contribution in [0.3, 0.4) is 0 Å². The van der Waals surface area contributed by atoms with Crippen LogP contribution in [0.25, 0.3) is 0 Å². The second-order valence-corrected chi connectivity index (χ2v) is 0.575. The van der Waals surface area contributed by atoms with E-state index in [1.54, 1.807) is 0 Å². The van der Waals surface area contributed by atoms with Gasteiger partial charge in [-0.1, -0.05) is 6.92 Å². The minimum Gasteiger partial charge on any atom is -0.303 e. The number of hydrogen-bond acceptors (Lipinski definition) is 1. The van der Waals surface area contributed by atoms with Crippen LogP contribution in [-0.4, -0.2) is 6.29 Å². The Balaban J connectivity index is 0. The van der Waals surface area contributed by atoms with Crippen LogP contribution in [0.2, 0.25) is 0 Å². The molecule has 0 aliphatic rings. The van der Waals surface area contributed by atoms with Gasteiger partial charge in [-0.25, -0.2) is 0 Å². The second-order valence-electron chi connectivity index (χ2n) is 0.575. The van der Waals surface area contributed by atoms with E-state index in [4.69, 9.17) is 0 Å². The third-order valence-electron chi connectivity index (χ3n) is 0.167. The van der Waals surface area contributed by atoms with Crippen molar-refractivity contribution in [1.29, 1.82) is 0 Å². The largest absolute Gasteiger partial charge is 0.303 e. The molecule has 0 unspecified atom stereocenters. The standard InChI is InChI=1S/C3H6O.Ti/c1-2-3-4;/h3H,2H2,1H3;. The number of rotatable bonds is 1. The van der Waals surface area contributed by atoms with Crippen LogP contribution >= 0.6 is 0 Å². The molecule has 0 spiro atoms. The van der Waals surface area contributed by atoms with Gasteiger partial charge < -0.3 is 4.79 Å². The van der Waals surface area contributed by atoms with Gasteiger partial charge in [0, 0.05) is 28.1 Å². The summed E-state index contributed by atoms with van der Waals surface area (Å²) in [6, 6.07) is 0. The van der Waals surface area contributed by atoms with Gasteiger partial charge in [-0.2, -0.15) is 0 Å². The van der Waals surface area contributed by atoms with E-state index in [1.165, 1.54) is 0 Å². The molecule has 0 heterocycles. The smallest absolute Gasteiger partial charge is 0.119 e. The number of carbonyl (C=O) groups excluding carboxylic acids is 1. The Morgan fingerprint density at radius 2 is 2.00 bits per heavy atom. The summed E-state index contributed by atoms with van der Waals surface area (Å²) < 4.78 is 0. The van der Waals surface area contributed by atoms with Crippen LogP contribution in [0.5, 0.6) is 0 Å². The minimum atomic E-state index is 0. The third-order valence-corrected chi connectivity index (χ3v) is 0.167. The molecule has 0 atom stereocenters. The summed E-state index contributed by atoms with van der Waals surface area (Å²) in [4.78, 5) is 9.17. The summed E-state index contributed by atoms with van der Waals surface area (Å²) in [6.45, 7) is 1.81. The maximum atomic E-state index is 9.17. The minimum absolute atomic E-state index is 0. The first kappa shape index (κ1) is 9.04. The quantitative estimate of drug-likeness (QED) is 0.353. The molecular formula is C3H6OTi. The van der Waals surface area contributed by atoms with E-state index in [2.05, 4.69) is 0 Å². The molecule has 28 valence electrons. The van der Waals surface area contributed by atoms with Gasteiger partial charge in [0.15, 0.2) is 0 Å². The first-order chi connectivity index (χ1) is 1.91. The summed E-state index contributed by atoms with van der Waals surface area (Å²) in [7, 11) is 0. The molecular weight excluding hydrogens is 99.9 g/mol. The Hall–Kier alpha value is 0.384. The van der Waals surface area contributed by atoms with E-state index in [0.717, 1.165) is 6.29 Å². The Bertz CT molecular complexity index is 20.9. The van der Waals surface area contributed by atoms with Crippen LogP contribution in [0.1, 0.15) is 13.3 Å². The Labute approximate surface area is 46.6 Å². The van der Waals surface area contributed by atoms with E-state index >= 15 is 0 Å². The summed E-state index contributed by atoms with van der Waals surface area (Å²) in [5.74, 6) is 0. The Kier molecular flexibility index (Phi) is 16.0. The van der Waals surface area contributed by atoms with E-state index in [0.29, 0.717) is 6.42 Å². The predicted octanol–water partition coefficient (Wildman–Crippen LogP) is 0.593. The first-order valence-corrected chi connectivity index (χ1v) is 1.35. The van der Waals surface area contributed by atoms with Crippen LogP contribution in [0, 0.1) is 0 Å². The van der Waals surface area contributed by atoms with Crippen LogP contribution in [-0.2, 0) is 26.5 Å². The van der Waals surface area contributed by atoms with E-state index in [9.17, 15) is 4.79 Å². The Morgan fingerprint density at radius 1 is 1.80 bits per heavy atom. The molecule has 0 aliphatic carbocycles. The monoisotopic (exact) mass is 106 g/mol. The average molecular weight is 106 g/mol. The zero-order valence-electron chi connectivity index (χ0n) is 3.19. The van der Waals surface area contributed by atoms with Gasteiger partial charge in [0.25, 0.3) is 0 Å². The zero-order valence-corrected chi connectivity index (χ0v) is 4.75. The van der Waals surface area contributed by atoms with Gasteiger partial charge in [0.2, 0.25) is 0 Å². The van der Waals surface area contributed by atoms with Crippen molar-refractivity contribution in [2.24, 2.45) is 0 Å². The molecule has 0 N–H and O–H groups in total. The molecule has 0 aromatic rings. The van der Waals surface area contributed by atoms with Crippen LogP contribution < -0.4 is 0 Å². The third kappa shape index (κ3) is 13.0. The summed E-state index contributed by atoms with van der Waals surface area (Å²) in [5.41, 5.74) is 0. The van der Waals surface area contributed by atoms with Gasteiger partial charge in [0.05, 0.1) is 0 Å². The second kappa shape index (κ2) is 8.83. The van der Waals surface area contributed by atoms with Crippen molar-refractivity contribution >= 4 is 6.29 Å². The fourth-order valence-electron chi connectivity index (χ4n) is 0. The van der Waals surface area contributed by atoms with Gasteiger partial charge in [-0.3, -0.25) is 0 Å².